The first-order valence-electron chi connectivity index (χ1n) is 11.6. The topological polar surface area (TPSA) is 25.8 Å². The molecular weight excluding hydrogens is 669 g/mol. The molecule has 4 aromatic carbocycles. The van der Waals surface area contributed by atoms with Crippen LogP contribution >= 0.6 is 22.7 Å². The van der Waals surface area contributed by atoms with Gasteiger partial charge in [0.1, 0.15) is 4.83 Å². The van der Waals surface area contributed by atoms with Gasteiger partial charge in [-0.2, -0.15) is 11.3 Å². The Morgan fingerprint density at radius 2 is 1.35 bits per heavy atom. The number of hydrogen-bond donors (Lipinski definition) is 0. The maximum absolute atomic E-state index is 4.83. The fourth-order valence-electron chi connectivity index (χ4n) is 3.97. The summed E-state index contributed by atoms with van der Waals surface area (Å²) in [5, 5.41) is 2.35. The van der Waals surface area contributed by atoms with E-state index in [0.717, 1.165) is 26.7 Å². The number of nitrogens with zero attached hydrogens (tertiary/aromatic N) is 2. The number of benzene rings is 4. The average Bonchev–Trinajstić information content (AvgIpc) is 3.54. The Morgan fingerprint density at radius 3 is 2.05 bits per heavy atom. The first-order valence-corrected chi connectivity index (χ1v) is 13.2. The van der Waals surface area contributed by atoms with Gasteiger partial charge in [0.25, 0.3) is 0 Å². The van der Waals surface area contributed by atoms with Crippen molar-refractivity contribution in [2.45, 2.75) is 0 Å². The molecule has 0 atom stereocenters. The van der Waals surface area contributed by atoms with Gasteiger partial charge in [-0.1, -0.05) is 48.5 Å². The molecule has 0 saturated heterocycles. The maximum atomic E-state index is 4.83. The minimum Gasteiger partial charge on any atom is -0.305 e. The van der Waals surface area contributed by atoms with Crippen LogP contribution in [0.3, 0.4) is 0 Å². The van der Waals surface area contributed by atoms with Gasteiger partial charge in [0.2, 0.25) is 0 Å². The standard InChI is InChI=1S/C21H12NS2.C11H8N.Ir/c1-3-7-14(8-4-1)16-11-12-18-17(13-16)19-21(23-18)22-20(24-19)15-9-5-2-6-10-15;1-2-6-10(7-3-1)11-8-4-5-9-12-11;/h1-9,11-13H;1-6,8-9H;/q2*-1;. The summed E-state index contributed by atoms with van der Waals surface area (Å²) >= 11 is 3.52. The van der Waals surface area contributed by atoms with E-state index >= 15 is 0 Å². The molecular formula is C32H20IrN2S2-2. The molecule has 0 saturated carbocycles. The summed E-state index contributed by atoms with van der Waals surface area (Å²) in [4.78, 5) is 10.2. The van der Waals surface area contributed by atoms with Crippen LogP contribution in [0.5, 0.6) is 0 Å². The van der Waals surface area contributed by atoms with Crippen LogP contribution in [0.25, 0.3) is 52.6 Å². The molecule has 3 aromatic heterocycles. The van der Waals surface area contributed by atoms with Gasteiger partial charge in [-0.3, -0.25) is 4.98 Å². The zero-order valence-corrected chi connectivity index (χ0v) is 23.6. The van der Waals surface area contributed by atoms with Gasteiger partial charge < -0.3 is 4.98 Å². The number of thiazole rings is 1. The molecule has 0 fully saturated rings. The van der Waals surface area contributed by atoms with E-state index in [1.807, 2.05) is 60.7 Å². The molecule has 3 heterocycles. The summed E-state index contributed by atoms with van der Waals surface area (Å²) in [7, 11) is 0. The molecule has 0 aliphatic heterocycles. The van der Waals surface area contributed by atoms with Crippen LogP contribution in [0.4, 0.5) is 0 Å². The second-order valence-corrected chi connectivity index (χ2v) is 10.1. The van der Waals surface area contributed by atoms with Crippen molar-refractivity contribution in [3.05, 3.63) is 134 Å². The van der Waals surface area contributed by atoms with Crippen LogP contribution in [-0.4, -0.2) is 9.97 Å². The van der Waals surface area contributed by atoms with E-state index in [0.29, 0.717) is 0 Å². The second kappa shape index (κ2) is 11.7. The van der Waals surface area contributed by atoms with Gasteiger partial charge in [0.15, 0.2) is 0 Å². The Bertz CT molecular complexity index is 1680. The number of rotatable bonds is 3. The predicted molar refractivity (Wildman–Crippen MR) is 153 cm³/mol. The fourth-order valence-corrected chi connectivity index (χ4v) is 6.28. The van der Waals surface area contributed by atoms with Crippen molar-refractivity contribution in [3.63, 3.8) is 0 Å². The molecule has 181 valence electrons. The average molecular weight is 689 g/mol. The van der Waals surface area contributed by atoms with Crippen molar-refractivity contribution in [3.8, 4) is 33.0 Å². The fraction of sp³-hybridized carbons (Fsp3) is 0. The molecule has 7 aromatic rings. The molecule has 0 bridgehead atoms. The van der Waals surface area contributed by atoms with Crippen LogP contribution in [0.1, 0.15) is 0 Å². The van der Waals surface area contributed by atoms with Gasteiger partial charge in [0.05, 0.1) is 4.70 Å². The summed E-state index contributed by atoms with van der Waals surface area (Å²) in [6.07, 6.45) is 1.79. The van der Waals surface area contributed by atoms with Crippen molar-refractivity contribution in [1.82, 2.24) is 9.97 Å². The zero-order valence-electron chi connectivity index (χ0n) is 19.6. The van der Waals surface area contributed by atoms with E-state index in [1.165, 1.54) is 25.9 Å². The number of thiophene rings is 1. The molecule has 0 unspecified atom stereocenters. The van der Waals surface area contributed by atoms with Crippen LogP contribution < -0.4 is 0 Å². The van der Waals surface area contributed by atoms with E-state index in [9.17, 15) is 0 Å². The van der Waals surface area contributed by atoms with Gasteiger partial charge >= 0.3 is 0 Å². The van der Waals surface area contributed by atoms with E-state index in [1.54, 1.807) is 28.9 Å². The van der Waals surface area contributed by atoms with E-state index in [2.05, 4.69) is 71.7 Å². The summed E-state index contributed by atoms with van der Waals surface area (Å²) in [6.45, 7) is 0. The molecule has 0 aliphatic rings. The van der Waals surface area contributed by atoms with E-state index < -0.39 is 0 Å². The molecule has 5 heteroatoms. The SMILES string of the molecule is [Ir].[c-]1ccccc1-c1ccccn1.[c-]1ccccc1-c1nc2sc3ccc(-c4ccccc4)cc3c2s1. The van der Waals surface area contributed by atoms with Gasteiger partial charge in [-0.25, -0.2) is 0 Å². The van der Waals surface area contributed by atoms with Crippen molar-refractivity contribution in [1.29, 1.82) is 0 Å². The third kappa shape index (κ3) is 5.61. The summed E-state index contributed by atoms with van der Waals surface area (Å²) in [6, 6.07) is 45.4. The third-order valence-corrected chi connectivity index (χ3v) is 8.04. The molecule has 0 aliphatic carbocycles. The smallest absolute Gasteiger partial charge is 0.124 e. The van der Waals surface area contributed by atoms with Crippen molar-refractivity contribution in [2.75, 3.05) is 0 Å². The van der Waals surface area contributed by atoms with Crippen molar-refractivity contribution in [2.24, 2.45) is 0 Å². The summed E-state index contributed by atoms with van der Waals surface area (Å²) < 4.78 is 2.58. The summed E-state index contributed by atoms with van der Waals surface area (Å²) in [5.74, 6) is 0. The minimum atomic E-state index is 0. The van der Waals surface area contributed by atoms with Crippen LogP contribution in [0, 0.1) is 12.1 Å². The number of pyridine rings is 1. The van der Waals surface area contributed by atoms with E-state index in [-0.39, 0.29) is 20.1 Å². The Hall–Kier alpha value is -3.47. The first-order chi connectivity index (χ1) is 17.8. The maximum Gasteiger partial charge on any atom is 0.124 e. The van der Waals surface area contributed by atoms with Gasteiger partial charge in [-0.15, -0.1) is 83.1 Å². The predicted octanol–water partition coefficient (Wildman–Crippen LogP) is 9.19. The zero-order chi connectivity index (χ0) is 24.2. The minimum absolute atomic E-state index is 0. The molecule has 0 amide bonds. The second-order valence-electron chi connectivity index (χ2n) is 8.10. The van der Waals surface area contributed by atoms with Crippen molar-refractivity contribution < 1.29 is 20.1 Å². The number of aromatic nitrogens is 2. The molecule has 37 heavy (non-hydrogen) atoms. The van der Waals surface area contributed by atoms with Gasteiger partial charge in [0, 0.05) is 41.4 Å². The van der Waals surface area contributed by atoms with Crippen LogP contribution in [0.2, 0.25) is 0 Å². The first kappa shape index (κ1) is 25.2. The Kier molecular flexibility index (Phi) is 7.98. The number of hydrogen-bond acceptors (Lipinski definition) is 4. The Morgan fingerprint density at radius 1 is 0.622 bits per heavy atom. The largest absolute Gasteiger partial charge is 0.305 e. The normalized spacial score (nSPS) is 10.5. The molecule has 0 spiro atoms. The van der Waals surface area contributed by atoms with Gasteiger partial charge in [-0.05, 0) is 35.0 Å². The molecule has 1 radical (unpaired) electrons. The van der Waals surface area contributed by atoms with Crippen LogP contribution in [-0.2, 0) is 20.1 Å². The quantitative estimate of drug-likeness (QED) is 0.173. The monoisotopic (exact) mass is 689 g/mol. The Balaban J connectivity index is 0.000000183. The molecule has 0 N–H and O–H groups in total. The number of fused-ring (bicyclic) bond motifs is 3. The summed E-state index contributed by atoms with van der Waals surface area (Å²) in [5.41, 5.74) is 5.58. The van der Waals surface area contributed by atoms with E-state index in [4.69, 9.17) is 4.98 Å². The molecule has 7 rings (SSSR count). The molecule has 2 nitrogen and oxygen atoms in total. The Labute approximate surface area is 237 Å². The van der Waals surface area contributed by atoms with Crippen LogP contribution in [0.15, 0.2) is 121 Å². The van der Waals surface area contributed by atoms with Crippen molar-refractivity contribution >= 4 is 42.3 Å². The third-order valence-electron chi connectivity index (χ3n) is 5.72.